The van der Waals surface area contributed by atoms with Crippen molar-refractivity contribution in [3.05, 3.63) is 0 Å². The van der Waals surface area contributed by atoms with Gasteiger partial charge in [0.2, 0.25) is 0 Å². The third-order valence-corrected chi connectivity index (χ3v) is 4.14. The molecule has 0 aromatic carbocycles. The molecule has 0 aromatic rings. The van der Waals surface area contributed by atoms with Gasteiger partial charge in [-0.3, -0.25) is 4.90 Å². The molecule has 2 saturated heterocycles. The average Bonchev–Trinajstić information content (AvgIpc) is 2.54. The van der Waals surface area contributed by atoms with Crippen molar-refractivity contribution in [2.75, 3.05) is 45.8 Å². The highest BCUT2D eigenvalue weighted by Crippen LogP contribution is 2.18. The monoisotopic (exact) mass is 225 g/mol. The van der Waals surface area contributed by atoms with E-state index in [0.29, 0.717) is 0 Å². The Morgan fingerprint density at radius 1 is 1.19 bits per heavy atom. The van der Waals surface area contributed by atoms with Crippen molar-refractivity contribution in [3.63, 3.8) is 0 Å². The molecule has 0 spiro atoms. The lowest BCUT2D eigenvalue weighted by Crippen LogP contribution is -2.46. The van der Waals surface area contributed by atoms with Crippen molar-refractivity contribution < 1.29 is 0 Å². The van der Waals surface area contributed by atoms with Crippen LogP contribution in [-0.2, 0) is 0 Å². The molecule has 1 atom stereocenters. The number of nitrogens with one attached hydrogen (secondary N) is 1. The fraction of sp³-hybridized carbons (Fsp3) is 1.00. The highest BCUT2D eigenvalue weighted by Gasteiger charge is 2.25. The van der Waals surface area contributed by atoms with E-state index < -0.39 is 0 Å². The Morgan fingerprint density at radius 3 is 2.62 bits per heavy atom. The van der Waals surface area contributed by atoms with Crippen molar-refractivity contribution in [1.82, 2.24) is 15.1 Å². The van der Waals surface area contributed by atoms with E-state index in [9.17, 15) is 0 Å². The number of rotatable bonds is 2. The SMILES string of the molecule is CCN1CCC(N2CCNCC(C)C2)CC1. The standard InChI is InChI=1S/C13H27N3/c1-3-15-7-4-13(5-8-15)16-9-6-14-10-12(2)11-16/h12-14H,3-11H2,1-2H3. The molecule has 3 heteroatoms. The summed E-state index contributed by atoms with van der Waals surface area (Å²) in [5, 5.41) is 3.53. The topological polar surface area (TPSA) is 18.5 Å². The highest BCUT2D eigenvalue weighted by molar-refractivity contribution is 4.82. The molecule has 2 aliphatic heterocycles. The molecular formula is C13H27N3. The number of nitrogens with zero attached hydrogens (tertiary/aromatic N) is 2. The van der Waals surface area contributed by atoms with E-state index in [1.807, 2.05) is 0 Å². The third kappa shape index (κ3) is 3.19. The fourth-order valence-electron chi connectivity index (χ4n) is 3.06. The van der Waals surface area contributed by atoms with Crippen LogP contribution in [-0.4, -0.2) is 61.7 Å². The lowest BCUT2D eigenvalue weighted by molar-refractivity contribution is 0.108. The number of piperidine rings is 1. The summed E-state index contributed by atoms with van der Waals surface area (Å²) in [4.78, 5) is 5.31. The molecule has 0 bridgehead atoms. The van der Waals surface area contributed by atoms with Crippen LogP contribution < -0.4 is 5.32 Å². The summed E-state index contributed by atoms with van der Waals surface area (Å²) in [6, 6.07) is 0.852. The van der Waals surface area contributed by atoms with E-state index in [1.165, 1.54) is 58.7 Å². The minimum atomic E-state index is 0.812. The van der Waals surface area contributed by atoms with Gasteiger partial charge < -0.3 is 10.2 Å². The van der Waals surface area contributed by atoms with Crippen molar-refractivity contribution in [2.45, 2.75) is 32.7 Å². The fourth-order valence-corrected chi connectivity index (χ4v) is 3.06. The first-order chi connectivity index (χ1) is 7.79. The van der Waals surface area contributed by atoms with Gasteiger partial charge in [-0.15, -0.1) is 0 Å². The normalized spacial score (nSPS) is 31.5. The number of hydrogen-bond donors (Lipinski definition) is 1. The molecule has 3 nitrogen and oxygen atoms in total. The zero-order valence-electron chi connectivity index (χ0n) is 10.9. The van der Waals surface area contributed by atoms with E-state index >= 15 is 0 Å². The summed E-state index contributed by atoms with van der Waals surface area (Å²) in [7, 11) is 0. The van der Waals surface area contributed by atoms with Gasteiger partial charge >= 0.3 is 0 Å². The largest absolute Gasteiger partial charge is 0.315 e. The van der Waals surface area contributed by atoms with Gasteiger partial charge in [-0.1, -0.05) is 13.8 Å². The molecule has 0 aliphatic carbocycles. The Morgan fingerprint density at radius 2 is 1.94 bits per heavy atom. The van der Waals surface area contributed by atoms with E-state index in [4.69, 9.17) is 0 Å². The Kier molecular flexibility index (Phi) is 4.62. The van der Waals surface area contributed by atoms with Crippen LogP contribution in [0.2, 0.25) is 0 Å². The average molecular weight is 225 g/mol. The molecule has 2 rings (SSSR count). The van der Waals surface area contributed by atoms with Crippen molar-refractivity contribution in [3.8, 4) is 0 Å². The Balaban J connectivity index is 1.82. The minimum absolute atomic E-state index is 0.812. The third-order valence-electron chi connectivity index (χ3n) is 4.14. The molecule has 2 fully saturated rings. The molecular weight excluding hydrogens is 198 g/mol. The van der Waals surface area contributed by atoms with Crippen LogP contribution in [0.4, 0.5) is 0 Å². The summed E-state index contributed by atoms with van der Waals surface area (Å²) in [5.41, 5.74) is 0. The van der Waals surface area contributed by atoms with Gasteiger partial charge in [-0.25, -0.2) is 0 Å². The molecule has 16 heavy (non-hydrogen) atoms. The van der Waals surface area contributed by atoms with Gasteiger partial charge in [0.15, 0.2) is 0 Å². The van der Waals surface area contributed by atoms with E-state index in [0.717, 1.165) is 12.0 Å². The first-order valence-electron chi connectivity index (χ1n) is 6.96. The summed E-state index contributed by atoms with van der Waals surface area (Å²) < 4.78 is 0. The quantitative estimate of drug-likeness (QED) is 0.757. The minimum Gasteiger partial charge on any atom is -0.315 e. The maximum Gasteiger partial charge on any atom is 0.0120 e. The van der Waals surface area contributed by atoms with E-state index in [1.54, 1.807) is 0 Å². The number of likely N-dealkylation sites (tertiary alicyclic amines) is 1. The smallest absolute Gasteiger partial charge is 0.0120 e. The predicted octanol–water partition coefficient (Wildman–Crippen LogP) is 1.01. The Hall–Kier alpha value is -0.120. The lowest BCUT2D eigenvalue weighted by Gasteiger charge is -2.38. The number of hydrogen-bond acceptors (Lipinski definition) is 3. The first-order valence-corrected chi connectivity index (χ1v) is 6.96. The second kappa shape index (κ2) is 5.99. The van der Waals surface area contributed by atoms with Crippen LogP contribution in [0, 0.1) is 5.92 Å². The van der Waals surface area contributed by atoms with Crippen LogP contribution in [0.1, 0.15) is 26.7 Å². The van der Waals surface area contributed by atoms with Crippen molar-refractivity contribution >= 4 is 0 Å². The van der Waals surface area contributed by atoms with Crippen LogP contribution in [0.15, 0.2) is 0 Å². The van der Waals surface area contributed by atoms with E-state index in [-0.39, 0.29) is 0 Å². The summed E-state index contributed by atoms with van der Waals surface area (Å²) in [6.45, 7) is 13.4. The summed E-state index contributed by atoms with van der Waals surface area (Å²) in [6.07, 6.45) is 2.75. The Bertz CT molecular complexity index is 199. The second-order valence-corrected chi connectivity index (χ2v) is 5.47. The summed E-state index contributed by atoms with van der Waals surface area (Å²) >= 11 is 0. The maximum atomic E-state index is 3.53. The molecule has 94 valence electrons. The first kappa shape index (κ1) is 12.3. The summed E-state index contributed by atoms with van der Waals surface area (Å²) in [5.74, 6) is 0.812. The van der Waals surface area contributed by atoms with Gasteiger partial charge in [0.1, 0.15) is 0 Å². The molecule has 0 saturated carbocycles. The molecule has 0 amide bonds. The molecule has 0 radical (unpaired) electrons. The second-order valence-electron chi connectivity index (χ2n) is 5.47. The maximum absolute atomic E-state index is 3.53. The zero-order valence-corrected chi connectivity index (χ0v) is 10.9. The van der Waals surface area contributed by atoms with E-state index in [2.05, 4.69) is 29.0 Å². The molecule has 1 unspecified atom stereocenters. The van der Waals surface area contributed by atoms with Crippen LogP contribution >= 0.6 is 0 Å². The predicted molar refractivity (Wildman–Crippen MR) is 68.7 cm³/mol. The highest BCUT2D eigenvalue weighted by atomic mass is 15.2. The van der Waals surface area contributed by atoms with Gasteiger partial charge in [0, 0.05) is 25.7 Å². The van der Waals surface area contributed by atoms with Crippen LogP contribution in [0.5, 0.6) is 0 Å². The Labute approximate surface area is 100 Å². The van der Waals surface area contributed by atoms with Crippen LogP contribution in [0.25, 0.3) is 0 Å². The molecule has 2 aliphatic rings. The van der Waals surface area contributed by atoms with Gasteiger partial charge in [-0.05, 0) is 44.9 Å². The van der Waals surface area contributed by atoms with Crippen molar-refractivity contribution in [1.29, 1.82) is 0 Å². The molecule has 2 heterocycles. The van der Waals surface area contributed by atoms with Gasteiger partial charge in [-0.2, -0.15) is 0 Å². The zero-order chi connectivity index (χ0) is 11.4. The van der Waals surface area contributed by atoms with Crippen LogP contribution in [0.3, 0.4) is 0 Å². The molecule has 0 aromatic heterocycles. The lowest BCUT2D eigenvalue weighted by atomic mass is 10.0. The molecule has 1 N–H and O–H groups in total. The van der Waals surface area contributed by atoms with Gasteiger partial charge in [0.25, 0.3) is 0 Å². The van der Waals surface area contributed by atoms with Crippen molar-refractivity contribution in [2.24, 2.45) is 5.92 Å². The van der Waals surface area contributed by atoms with Gasteiger partial charge in [0.05, 0.1) is 0 Å².